The maximum absolute atomic E-state index is 5.65. The van der Waals surface area contributed by atoms with Gasteiger partial charge in [-0.1, -0.05) is 30.3 Å². The van der Waals surface area contributed by atoms with Crippen molar-refractivity contribution in [1.29, 1.82) is 0 Å². The van der Waals surface area contributed by atoms with Gasteiger partial charge >= 0.3 is 0 Å². The number of benzene rings is 1. The van der Waals surface area contributed by atoms with Crippen LogP contribution in [0.5, 0.6) is 0 Å². The molecule has 0 spiro atoms. The van der Waals surface area contributed by atoms with Crippen LogP contribution in [0.2, 0.25) is 0 Å². The Bertz CT molecular complexity index is 907. The summed E-state index contributed by atoms with van der Waals surface area (Å²) in [6.07, 6.45) is 5.38. The van der Waals surface area contributed by atoms with E-state index in [1.54, 1.807) is 12.5 Å². The lowest BCUT2D eigenvalue weighted by atomic mass is 10.1. The molecule has 0 saturated heterocycles. The number of nitrogens with zero attached hydrogens (tertiary/aromatic N) is 2. The highest BCUT2D eigenvalue weighted by molar-refractivity contribution is 5.84. The topological polar surface area (TPSA) is 31.0 Å². The van der Waals surface area contributed by atoms with Crippen LogP contribution >= 0.6 is 0 Å². The first kappa shape index (κ1) is 13.6. The zero-order valence-electron chi connectivity index (χ0n) is 12.8. The van der Waals surface area contributed by atoms with Gasteiger partial charge in [-0.2, -0.15) is 0 Å². The van der Waals surface area contributed by atoms with Crippen molar-refractivity contribution in [2.45, 2.75) is 0 Å². The van der Waals surface area contributed by atoms with Gasteiger partial charge in [-0.25, -0.2) is 0 Å². The summed E-state index contributed by atoms with van der Waals surface area (Å²) in [7, 11) is 2.08. The summed E-state index contributed by atoms with van der Waals surface area (Å²) in [5.41, 5.74) is 5.58. The molecule has 3 aromatic heterocycles. The van der Waals surface area contributed by atoms with Crippen LogP contribution in [0, 0.1) is 0 Å². The summed E-state index contributed by atoms with van der Waals surface area (Å²) < 4.78 is 7.85. The van der Waals surface area contributed by atoms with E-state index in [-0.39, 0.29) is 0 Å². The number of furan rings is 1. The Balaban J connectivity index is 1.98. The predicted molar refractivity (Wildman–Crippen MR) is 91.8 cm³/mol. The van der Waals surface area contributed by atoms with Crippen LogP contribution in [0.4, 0.5) is 0 Å². The zero-order valence-corrected chi connectivity index (χ0v) is 12.8. The predicted octanol–water partition coefficient (Wildman–Crippen LogP) is 5.01. The molecule has 0 aliphatic carbocycles. The van der Waals surface area contributed by atoms with Crippen molar-refractivity contribution in [3.63, 3.8) is 0 Å². The molecule has 0 N–H and O–H groups in total. The summed E-state index contributed by atoms with van der Waals surface area (Å²) in [5, 5.41) is 0. The Hall–Kier alpha value is -3.07. The lowest BCUT2D eigenvalue weighted by Crippen LogP contribution is -1.95. The molecule has 112 valence electrons. The van der Waals surface area contributed by atoms with Crippen LogP contribution in [0.25, 0.3) is 33.8 Å². The summed E-state index contributed by atoms with van der Waals surface area (Å²) in [4.78, 5) is 4.26. The molecule has 4 aromatic rings. The van der Waals surface area contributed by atoms with E-state index in [4.69, 9.17) is 4.42 Å². The normalized spacial score (nSPS) is 10.8. The first-order chi connectivity index (χ1) is 11.3. The van der Waals surface area contributed by atoms with Gasteiger partial charge in [0, 0.05) is 36.3 Å². The summed E-state index contributed by atoms with van der Waals surface area (Å²) in [6, 6.07) is 20.5. The Morgan fingerprint density at radius 2 is 1.74 bits per heavy atom. The van der Waals surface area contributed by atoms with Crippen molar-refractivity contribution < 1.29 is 4.42 Å². The van der Waals surface area contributed by atoms with E-state index in [0.717, 1.165) is 28.3 Å². The van der Waals surface area contributed by atoms with Crippen LogP contribution in [-0.4, -0.2) is 9.55 Å². The maximum atomic E-state index is 5.65. The number of rotatable bonds is 3. The Morgan fingerprint density at radius 1 is 0.913 bits per heavy atom. The lowest BCUT2D eigenvalue weighted by molar-refractivity contribution is 0.582. The molecular formula is C20H16N2O. The van der Waals surface area contributed by atoms with Gasteiger partial charge in [0.1, 0.15) is 5.76 Å². The van der Waals surface area contributed by atoms with Crippen LogP contribution in [0.1, 0.15) is 0 Å². The summed E-state index contributed by atoms with van der Waals surface area (Å²) in [5.74, 6) is 0.863. The van der Waals surface area contributed by atoms with Crippen molar-refractivity contribution in [2.24, 2.45) is 7.05 Å². The smallest absolute Gasteiger partial charge is 0.136 e. The van der Waals surface area contributed by atoms with Crippen LogP contribution < -0.4 is 0 Å². The average Bonchev–Trinajstić information content (AvgIpc) is 3.24. The standard InChI is InChI=1S/C20H16N2O/c1-22-18(15-7-3-2-4-8-15)13-17(19-10-6-12-23-19)20(22)16-9-5-11-21-14-16/h2-14H,1H3. The van der Waals surface area contributed by atoms with Crippen molar-refractivity contribution in [1.82, 2.24) is 9.55 Å². The van der Waals surface area contributed by atoms with Gasteiger partial charge in [0.25, 0.3) is 0 Å². The molecule has 0 saturated carbocycles. The van der Waals surface area contributed by atoms with Crippen molar-refractivity contribution >= 4 is 0 Å². The van der Waals surface area contributed by atoms with E-state index < -0.39 is 0 Å². The molecule has 0 fully saturated rings. The second-order valence-electron chi connectivity index (χ2n) is 5.44. The van der Waals surface area contributed by atoms with Gasteiger partial charge in [-0.15, -0.1) is 0 Å². The van der Waals surface area contributed by atoms with Crippen LogP contribution in [0.15, 0.2) is 83.7 Å². The van der Waals surface area contributed by atoms with E-state index in [2.05, 4.69) is 53.0 Å². The molecule has 0 unspecified atom stereocenters. The average molecular weight is 300 g/mol. The van der Waals surface area contributed by atoms with Gasteiger partial charge in [-0.3, -0.25) is 4.98 Å². The SMILES string of the molecule is Cn1c(-c2ccccc2)cc(-c2ccco2)c1-c1cccnc1. The molecule has 3 nitrogen and oxygen atoms in total. The third-order valence-corrected chi connectivity index (χ3v) is 4.02. The fourth-order valence-electron chi connectivity index (χ4n) is 2.96. The first-order valence-electron chi connectivity index (χ1n) is 7.54. The summed E-state index contributed by atoms with van der Waals surface area (Å²) >= 11 is 0. The quantitative estimate of drug-likeness (QED) is 0.532. The van der Waals surface area contributed by atoms with Gasteiger partial charge < -0.3 is 8.98 Å². The molecule has 3 heteroatoms. The number of pyridine rings is 1. The molecular weight excluding hydrogens is 284 g/mol. The number of hydrogen-bond acceptors (Lipinski definition) is 2. The van der Waals surface area contributed by atoms with Gasteiger partial charge in [0.15, 0.2) is 0 Å². The third kappa shape index (κ3) is 2.36. The largest absolute Gasteiger partial charge is 0.464 e. The van der Waals surface area contributed by atoms with E-state index in [1.165, 1.54) is 5.56 Å². The van der Waals surface area contributed by atoms with Crippen molar-refractivity contribution in [3.05, 3.63) is 79.3 Å². The maximum Gasteiger partial charge on any atom is 0.136 e. The third-order valence-electron chi connectivity index (χ3n) is 4.02. The molecule has 0 atom stereocenters. The van der Waals surface area contributed by atoms with E-state index in [0.29, 0.717) is 0 Å². The molecule has 0 radical (unpaired) electrons. The van der Waals surface area contributed by atoms with Gasteiger partial charge in [0.2, 0.25) is 0 Å². The first-order valence-corrected chi connectivity index (χ1v) is 7.54. The minimum Gasteiger partial charge on any atom is -0.464 e. The summed E-state index contributed by atoms with van der Waals surface area (Å²) in [6.45, 7) is 0. The van der Waals surface area contributed by atoms with Crippen molar-refractivity contribution in [3.8, 4) is 33.8 Å². The molecule has 0 aliphatic rings. The molecule has 0 bridgehead atoms. The highest BCUT2D eigenvalue weighted by Gasteiger charge is 2.18. The number of hydrogen-bond donors (Lipinski definition) is 0. The highest BCUT2D eigenvalue weighted by atomic mass is 16.3. The Morgan fingerprint density at radius 3 is 2.43 bits per heavy atom. The monoisotopic (exact) mass is 300 g/mol. The van der Waals surface area contributed by atoms with E-state index in [1.807, 2.05) is 30.5 Å². The van der Waals surface area contributed by atoms with Crippen molar-refractivity contribution in [2.75, 3.05) is 0 Å². The minimum absolute atomic E-state index is 0.863. The van der Waals surface area contributed by atoms with Gasteiger partial charge in [0.05, 0.1) is 12.0 Å². The molecule has 23 heavy (non-hydrogen) atoms. The molecule has 1 aromatic carbocycles. The number of aromatic nitrogens is 2. The fourth-order valence-corrected chi connectivity index (χ4v) is 2.96. The van der Waals surface area contributed by atoms with E-state index >= 15 is 0 Å². The van der Waals surface area contributed by atoms with Crippen LogP contribution in [-0.2, 0) is 7.05 Å². The minimum atomic E-state index is 0.863. The lowest BCUT2D eigenvalue weighted by Gasteiger charge is -2.09. The second-order valence-corrected chi connectivity index (χ2v) is 5.44. The van der Waals surface area contributed by atoms with Crippen LogP contribution in [0.3, 0.4) is 0 Å². The van der Waals surface area contributed by atoms with E-state index in [9.17, 15) is 0 Å². The Kier molecular flexibility index (Phi) is 3.31. The fraction of sp³-hybridized carbons (Fsp3) is 0.0500. The molecule has 0 aliphatic heterocycles. The molecule has 4 rings (SSSR count). The molecule has 3 heterocycles. The highest BCUT2D eigenvalue weighted by Crippen LogP contribution is 2.38. The second kappa shape index (κ2) is 5.61. The Labute approximate surface area is 134 Å². The molecule has 0 amide bonds. The van der Waals surface area contributed by atoms with Gasteiger partial charge in [-0.05, 0) is 35.9 Å². The zero-order chi connectivity index (χ0) is 15.6.